The molecule has 2 rings (SSSR count). The van der Waals surface area contributed by atoms with Gasteiger partial charge in [0.2, 0.25) is 5.24 Å². The molecule has 16 heavy (non-hydrogen) atoms. The number of para-hydroxylation sites is 1. The number of fused-ring (bicyclic) bond motifs is 1. The molecule has 2 nitrogen and oxygen atoms in total. The molecule has 0 radical (unpaired) electrons. The summed E-state index contributed by atoms with van der Waals surface area (Å²) in [6, 6.07) is 9.76. The molecule has 0 N–H and O–H groups in total. The first kappa shape index (κ1) is 12.7. The number of hydrogen-bond acceptors (Lipinski definition) is 2. The Hall–Kier alpha value is -1.38. The quantitative estimate of drug-likeness (QED) is 0.607. The van der Waals surface area contributed by atoms with E-state index in [1.807, 2.05) is 30.3 Å². The molecule has 1 aromatic carbocycles. The summed E-state index contributed by atoms with van der Waals surface area (Å²) in [4.78, 5) is 14.8. The van der Waals surface area contributed by atoms with Gasteiger partial charge in [-0.15, -0.1) is 12.4 Å². The number of carbonyl (C=O) groups excluding carboxylic acids is 1. The van der Waals surface area contributed by atoms with E-state index in [1.165, 1.54) is 6.08 Å². The number of allylic oxidation sites excluding steroid dienone is 1. The zero-order valence-corrected chi connectivity index (χ0v) is 9.83. The van der Waals surface area contributed by atoms with E-state index in [-0.39, 0.29) is 12.4 Å². The number of hydrogen-bond donors (Lipinski definition) is 0. The highest BCUT2D eigenvalue weighted by molar-refractivity contribution is 6.66. The van der Waals surface area contributed by atoms with E-state index in [2.05, 4.69) is 4.98 Å². The normalized spacial score (nSPS) is 10.3. The summed E-state index contributed by atoms with van der Waals surface area (Å²) in [5, 5.41) is 0.560. The van der Waals surface area contributed by atoms with Gasteiger partial charge in [-0.2, -0.15) is 0 Å². The zero-order chi connectivity index (χ0) is 10.7. The minimum absolute atomic E-state index is 0. The molecule has 0 saturated carbocycles. The van der Waals surface area contributed by atoms with Crippen molar-refractivity contribution in [2.24, 2.45) is 0 Å². The highest BCUT2D eigenvalue weighted by Gasteiger charge is 1.94. The molecule has 0 bridgehead atoms. The van der Waals surface area contributed by atoms with E-state index in [4.69, 9.17) is 11.6 Å². The van der Waals surface area contributed by atoms with Crippen LogP contribution in [0.5, 0.6) is 0 Å². The molecule has 4 heteroatoms. The molecule has 0 saturated heterocycles. The van der Waals surface area contributed by atoms with Crippen LogP contribution in [0.3, 0.4) is 0 Å². The van der Waals surface area contributed by atoms with Crippen LogP contribution in [0.25, 0.3) is 17.0 Å². The van der Waals surface area contributed by atoms with E-state index in [0.29, 0.717) is 0 Å². The van der Waals surface area contributed by atoms with Gasteiger partial charge < -0.3 is 0 Å². The van der Waals surface area contributed by atoms with Crippen molar-refractivity contribution in [3.63, 3.8) is 0 Å². The third-order valence-electron chi connectivity index (χ3n) is 2.02. The Labute approximate surface area is 104 Å². The van der Waals surface area contributed by atoms with E-state index in [1.54, 1.807) is 12.3 Å². The lowest BCUT2D eigenvalue weighted by Gasteiger charge is -1.97. The van der Waals surface area contributed by atoms with Gasteiger partial charge in [0, 0.05) is 11.6 Å². The Bertz CT molecular complexity index is 537. The molecule has 1 heterocycles. The summed E-state index contributed by atoms with van der Waals surface area (Å²) >= 11 is 5.20. The van der Waals surface area contributed by atoms with Crippen molar-refractivity contribution in [1.29, 1.82) is 0 Å². The number of rotatable bonds is 2. The van der Waals surface area contributed by atoms with Crippen LogP contribution >= 0.6 is 24.0 Å². The van der Waals surface area contributed by atoms with Crippen molar-refractivity contribution in [3.8, 4) is 0 Å². The van der Waals surface area contributed by atoms with E-state index in [0.717, 1.165) is 16.5 Å². The molecule has 2 aromatic rings. The first-order valence-corrected chi connectivity index (χ1v) is 4.86. The minimum atomic E-state index is -0.483. The molecule has 0 aliphatic rings. The van der Waals surface area contributed by atoms with Gasteiger partial charge in [0.1, 0.15) is 0 Å². The molecule has 0 atom stereocenters. The van der Waals surface area contributed by atoms with Crippen molar-refractivity contribution in [3.05, 3.63) is 48.2 Å². The van der Waals surface area contributed by atoms with Crippen LogP contribution in [0.4, 0.5) is 0 Å². The van der Waals surface area contributed by atoms with Crippen molar-refractivity contribution >= 4 is 46.2 Å². The maximum Gasteiger partial charge on any atom is 0.245 e. The van der Waals surface area contributed by atoms with Gasteiger partial charge in [0.05, 0.1) is 5.52 Å². The van der Waals surface area contributed by atoms with Crippen LogP contribution < -0.4 is 0 Å². The average molecular weight is 254 g/mol. The van der Waals surface area contributed by atoms with Gasteiger partial charge in [0.25, 0.3) is 0 Å². The molecule has 0 amide bonds. The standard InChI is InChI=1S/C12H8ClNO.ClH/c13-12(15)6-5-9-7-10-3-1-2-4-11(10)14-8-9;/h1-8H;1H. The SMILES string of the molecule is Cl.O=C(Cl)C=Cc1cnc2ccccc2c1. The molecular weight excluding hydrogens is 245 g/mol. The third kappa shape index (κ3) is 3.05. The highest BCUT2D eigenvalue weighted by Crippen LogP contribution is 2.13. The second-order valence-electron chi connectivity index (χ2n) is 3.10. The van der Waals surface area contributed by atoms with E-state index in [9.17, 15) is 4.79 Å². The molecule has 0 unspecified atom stereocenters. The molecule has 0 aliphatic carbocycles. The molecule has 0 aliphatic heterocycles. The maximum atomic E-state index is 10.5. The van der Waals surface area contributed by atoms with Crippen LogP contribution in [0.2, 0.25) is 0 Å². The monoisotopic (exact) mass is 253 g/mol. The van der Waals surface area contributed by atoms with E-state index < -0.39 is 5.24 Å². The van der Waals surface area contributed by atoms with Crippen molar-refractivity contribution < 1.29 is 4.79 Å². The van der Waals surface area contributed by atoms with Gasteiger partial charge in [-0.3, -0.25) is 9.78 Å². The molecule has 1 aromatic heterocycles. The zero-order valence-electron chi connectivity index (χ0n) is 8.26. The average Bonchev–Trinajstić information content (AvgIpc) is 2.26. The highest BCUT2D eigenvalue weighted by atomic mass is 35.5. The first-order chi connectivity index (χ1) is 7.25. The largest absolute Gasteiger partial charge is 0.276 e. The van der Waals surface area contributed by atoms with Crippen molar-refractivity contribution in [1.82, 2.24) is 4.98 Å². The summed E-state index contributed by atoms with van der Waals surface area (Å²) in [6.45, 7) is 0. The summed E-state index contributed by atoms with van der Waals surface area (Å²) in [5.74, 6) is 0. The summed E-state index contributed by atoms with van der Waals surface area (Å²) in [6.07, 6.45) is 4.67. The topological polar surface area (TPSA) is 30.0 Å². The van der Waals surface area contributed by atoms with Gasteiger partial charge in [-0.05, 0) is 41.4 Å². The Kier molecular flexibility index (Phi) is 4.47. The molecule has 82 valence electrons. The number of halogens is 2. The number of carbonyl (C=O) groups is 1. The molecule has 0 fully saturated rings. The second-order valence-corrected chi connectivity index (χ2v) is 3.47. The van der Waals surface area contributed by atoms with Crippen LogP contribution in [0.1, 0.15) is 5.56 Å². The van der Waals surface area contributed by atoms with Gasteiger partial charge in [-0.25, -0.2) is 0 Å². The number of aromatic nitrogens is 1. The van der Waals surface area contributed by atoms with Crippen LogP contribution in [-0.2, 0) is 4.79 Å². The fourth-order valence-corrected chi connectivity index (χ4v) is 1.40. The Morgan fingerprint density at radius 3 is 2.81 bits per heavy atom. The fourth-order valence-electron chi connectivity index (χ4n) is 1.34. The van der Waals surface area contributed by atoms with Crippen LogP contribution in [-0.4, -0.2) is 10.2 Å². The second kappa shape index (κ2) is 5.64. The maximum absolute atomic E-state index is 10.5. The minimum Gasteiger partial charge on any atom is -0.276 e. The lowest BCUT2D eigenvalue weighted by Crippen LogP contribution is -1.81. The predicted octanol–water partition coefficient (Wildman–Crippen LogP) is 3.44. The summed E-state index contributed by atoms with van der Waals surface area (Å²) < 4.78 is 0. The Morgan fingerprint density at radius 1 is 1.31 bits per heavy atom. The number of pyridine rings is 1. The fraction of sp³-hybridized carbons (Fsp3) is 0. The Balaban J connectivity index is 0.00000128. The predicted molar refractivity (Wildman–Crippen MR) is 68.9 cm³/mol. The van der Waals surface area contributed by atoms with Gasteiger partial charge in [0.15, 0.2) is 0 Å². The van der Waals surface area contributed by atoms with Gasteiger partial charge >= 0.3 is 0 Å². The van der Waals surface area contributed by atoms with Crippen molar-refractivity contribution in [2.45, 2.75) is 0 Å². The summed E-state index contributed by atoms with van der Waals surface area (Å²) in [5.41, 5.74) is 1.80. The van der Waals surface area contributed by atoms with Gasteiger partial charge in [-0.1, -0.05) is 18.2 Å². The lowest BCUT2D eigenvalue weighted by molar-refractivity contribution is -0.107. The lowest BCUT2D eigenvalue weighted by atomic mass is 10.1. The van der Waals surface area contributed by atoms with Crippen LogP contribution in [0, 0.1) is 0 Å². The third-order valence-corrected chi connectivity index (χ3v) is 2.14. The molecular formula is C12H9Cl2NO. The number of nitrogens with zero attached hydrogens (tertiary/aromatic N) is 1. The Morgan fingerprint density at radius 2 is 2.06 bits per heavy atom. The molecule has 0 spiro atoms. The van der Waals surface area contributed by atoms with Crippen LogP contribution in [0.15, 0.2) is 42.6 Å². The smallest absolute Gasteiger partial charge is 0.245 e. The van der Waals surface area contributed by atoms with E-state index >= 15 is 0 Å². The van der Waals surface area contributed by atoms with Crippen molar-refractivity contribution in [2.75, 3.05) is 0 Å². The number of benzene rings is 1. The summed E-state index contributed by atoms with van der Waals surface area (Å²) in [7, 11) is 0. The first-order valence-electron chi connectivity index (χ1n) is 4.48.